The summed E-state index contributed by atoms with van der Waals surface area (Å²) in [7, 11) is -9.92. The van der Waals surface area contributed by atoms with Gasteiger partial charge in [-0.1, -0.05) is 357 Å². The Labute approximate surface area is 607 Å². The van der Waals surface area contributed by atoms with Crippen LogP contribution in [0.4, 0.5) is 0 Å². The number of aliphatic hydroxyl groups is 1. The highest BCUT2D eigenvalue weighted by atomic mass is 31.2. The molecule has 17 nitrogen and oxygen atoms in total. The van der Waals surface area contributed by atoms with Crippen LogP contribution in [-0.2, 0) is 65.4 Å². The molecule has 7 atom stereocenters. The van der Waals surface area contributed by atoms with Crippen LogP contribution in [0, 0.1) is 23.7 Å². The number of hydrogen-bond donors (Lipinski definition) is 3. The van der Waals surface area contributed by atoms with Crippen molar-refractivity contribution in [3.63, 3.8) is 0 Å². The van der Waals surface area contributed by atoms with Crippen LogP contribution < -0.4 is 0 Å². The predicted octanol–water partition coefficient (Wildman–Crippen LogP) is 23.6. The van der Waals surface area contributed by atoms with Crippen LogP contribution in [0.15, 0.2) is 0 Å². The third kappa shape index (κ3) is 71.5. The highest BCUT2D eigenvalue weighted by molar-refractivity contribution is 7.47. The van der Waals surface area contributed by atoms with Gasteiger partial charge in [-0.15, -0.1) is 0 Å². The number of rotatable bonds is 77. The molecule has 3 N–H and O–H groups in total. The monoisotopic (exact) mass is 1450 g/mol. The van der Waals surface area contributed by atoms with E-state index in [0.717, 1.165) is 114 Å². The molecule has 0 fully saturated rings. The summed E-state index contributed by atoms with van der Waals surface area (Å²) >= 11 is 0. The molecular formula is C80H156O17P2. The molecule has 588 valence electrons. The summed E-state index contributed by atoms with van der Waals surface area (Å²) in [6.07, 6.45) is 55.6. The van der Waals surface area contributed by atoms with E-state index in [4.69, 9.17) is 37.0 Å². The molecule has 0 aliphatic heterocycles. The van der Waals surface area contributed by atoms with Gasteiger partial charge in [-0.05, 0) is 49.4 Å². The van der Waals surface area contributed by atoms with Gasteiger partial charge in [0.05, 0.1) is 26.4 Å². The molecule has 0 spiro atoms. The smallest absolute Gasteiger partial charge is 0.462 e. The van der Waals surface area contributed by atoms with Crippen molar-refractivity contribution in [3.8, 4) is 0 Å². The maximum atomic E-state index is 13.1. The summed E-state index contributed by atoms with van der Waals surface area (Å²) in [6.45, 7) is 14.2. The molecule has 0 aromatic rings. The first kappa shape index (κ1) is 97.1. The Kier molecular flexibility index (Phi) is 67.8. The van der Waals surface area contributed by atoms with Gasteiger partial charge in [0, 0.05) is 25.7 Å². The molecule has 99 heavy (non-hydrogen) atoms. The lowest BCUT2D eigenvalue weighted by Crippen LogP contribution is -2.30. The number of aliphatic hydroxyl groups excluding tert-OH is 1. The van der Waals surface area contributed by atoms with Crippen LogP contribution in [-0.4, -0.2) is 96.7 Å². The van der Waals surface area contributed by atoms with Gasteiger partial charge in [-0.3, -0.25) is 37.3 Å². The SMILES string of the molecule is CCC(C)CCCCCCCCCCCCCCCCCCCCC(=O)O[C@H](COC(=O)CCCCCCCCCCCCCCC(C)C)COP(=O)(O)OCC(O)COP(=O)(O)OC[C@@H](COC(=O)CCCCCCCCCC(C)C)OC(=O)CCCCCCCCCCC(C)CC. The first-order valence-electron chi connectivity index (χ1n) is 41.3. The van der Waals surface area contributed by atoms with Crippen molar-refractivity contribution in [2.75, 3.05) is 39.6 Å². The molecule has 0 aliphatic rings. The van der Waals surface area contributed by atoms with E-state index >= 15 is 0 Å². The molecule has 0 saturated heterocycles. The molecule has 0 aromatic carbocycles. The third-order valence-corrected chi connectivity index (χ3v) is 21.2. The molecule has 0 heterocycles. The second-order valence-electron chi connectivity index (χ2n) is 30.2. The van der Waals surface area contributed by atoms with Crippen LogP contribution in [0.5, 0.6) is 0 Å². The van der Waals surface area contributed by atoms with Gasteiger partial charge >= 0.3 is 39.5 Å². The number of phosphoric acid groups is 2. The quantitative estimate of drug-likeness (QED) is 0.0222. The van der Waals surface area contributed by atoms with Gasteiger partial charge in [-0.2, -0.15) is 0 Å². The van der Waals surface area contributed by atoms with Crippen molar-refractivity contribution >= 4 is 39.5 Å². The lowest BCUT2D eigenvalue weighted by atomic mass is 9.99. The lowest BCUT2D eigenvalue weighted by Gasteiger charge is -2.21. The van der Waals surface area contributed by atoms with Crippen LogP contribution >= 0.6 is 15.6 Å². The molecule has 19 heteroatoms. The summed E-state index contributed by atoms with van der Waals surface area (Å²) in [5.74, 6) is 1.01. The van der Waals surface area contributed by atoms with E-state index in [1.165, 1.54) is 205 Å². The highest BCUT2D eigenvalue weighted by Crippen LogP contribution is 2.45. The van der Waals surface area contributed by atoms with E-state index in [9.17, 15) is 43.2 Å². The van der Waals surface area contributed by atoms with Crippen molar-refractivity contribution in [1.82, 2.24) is 0 Å². The first-order chi connectivity index (χ1) is 47.7. The van der Waals surface area contributed by atoms with Crippen molar-refractivity contribution in [1.29, 1.82) is 0 Å². The van der Waals surface area contributed by atoms with E-state index in [-0.39, 0.29) is 25.7 Å². The number of unbranched alkanes of at least 4 members (excludes halogenated alkanes) is 41. The largest absolute Gasteiger partial charge is 0.472 e. The molecule has 0 bridgehead atoms. The fourth-order valence-electron chi connectivity index (χ4n) is 12.2. The summed E-state index contributed by atoms with van der Waals surface area (Å²) < 4.78 is 68.6. The number of phosphoric ester groups is 2. The van der Waals surface area contributed by atoms with Gasteiger partial charge in [0.15, 0.2) is 12.2 Å². The molecule has 0 aromatic heterocycles. The molecule has 0 saturated carbocycles. The fourth-order valence-corrected chi connectivity index (χ4v) is 13.8. The molecule has 0 rings (SSSR count). The molecule has 0 amide bonds. The lowest BCUT2D eigenvalue weighted by molar-refractivity contribution is -0.161. The maximum Gasteiger partial charge on any atom is 0.472 e. The van der Waals surface area contributed by atoms with E-state index < -0.39 is 97.5 Å². The van der Waals surface area contributed by atoms with Crippen LogP contribution in [0.2, 0.25) is 0 Å². The van der Waals surface area contributed by atoms with Crippen LogP contribution in [0.1, 0.15) is 409 Å². The fraction of sp³-hybridized carbons (Fsp3) is 0.950. The third-order valence-electron chi connectivity index (χ3n) is 19.3. The molecule has 0 radical (unpaired) electrons. The van der Waals surface area contributed by atoms with Gasteiger partial charge < -0.3 is 33.8 Å². The predicted molar refractivity (Wildman–Crippen MR) is 404 cm³/mol. The highest BCUT2D eigenvalue weighted by Gasteiger charge is 2.30. The Bertz CT molecular complexity index is 1940. The minimum atomic E-state index is -4.96. The second-order valence-corrected chi connectivity index (χ2v) is 33.1. The Hall–Kier alpha value is -1.94. The molecule has 0 aliphatic carbocycles. The van der Waals surface area contributed by atoms with E-state index in [0.29, 0.717) is 31.6 Å². The Balaban J connectivity index is 5.21. The van der Waals surface area contributed by atoms with Gasteiger partial charge in [-0.25, -0.2) is 9.13 Å². The standard InChI is InChI=1S/C80H156O17P2/c1-9-72(7)58-50-42-34-26-22-17-15-13-11-12-14-16-18-24-28-37-46-54-62-79(84)96-75(66-90-77(82)60-52-44-36-27-23-20-19-21-25-32-40-48-56-70(3)4)68-94-98(86,87)92-64-74(81)65-93-99(88,89)95-69-76(67-91-78(83)61-53-45-39-31-33-41-49-57-71(5)6)97-80(85)63-55-47-38-30-29-35-43-51-59-73(8)10-2/h70-76,81H,9-69H2,1-8H3,(H,86,87)(H,88,89)/t72?,73?,74?,75-,76-/m1/s1. The zero-order valence-corrected chi connectivity index (χ0v) is 66.9. The van der Waals surface area contributed by atoms with Crippen molar-refractivity contribution < 1.29 is 80.2 Å². The number of ether oxygens (including phenoxy) is 4. The zero-order chi connectivity index (χ0) is 73.1. The van der Waals surface area contributed by atoms with Crippen LogP contribution in [0.25, 0.3) is 0 Å². The van der Waals surface area contributed by atoms with E-state index in [1.54, 1.807) is 0 Å². The Morgan fingerprint density at radius 2 is 0.485 bits per heavy atom. The summed E-state index contributed by atoms with van der Waals surface area (Å²) in [6, 6.07) is 0. The normalized spacial score (nSPS) is 14.6. The van der Waals surface area contributed by atoms with Gasteiger partial charge in [0.1, 0.15) is 19.3 Å². The summed E-state index contributed by atoms with van der Waals surface area (Å²) in [5.41, 5.74) is 0. The van der Waals surface area contributed by atoms with Crippen LogP contribution in [0.3, 0.4) is 0 Å². The molecular weight excluding hydrogens is 1290 g/mol. The average molecular weight is 1450 g/mol. The number of hydrogen-bond acceptors (Lipinski definition) is 15. The Morgan fingerprint density at radius 1 is 0.283 bits per heavy atom. The number of carbonyl (C=O) groups excluding carboxylic acids is 4. The Morgan fingerprint density at radius 3 is 0.717 bits per heavy atom. The average Bonchev–Trinajstić information content (AvgIpc) is 1.89. The van der Waals surface area contributed by atoms with Crippen molar-refractivity contribution in [3.05, 3.63) is 0 Å². The number of esters is 4. The minimum Gasteiger partial charge on any atom is -0.462 e. The maximum absolute atomic E-state index is 13.1. The van der Waals surface area contributed by atoms with E-state index in [2.05, 4.69) is 55.4 Å². The zero-order valence-electron chi connectivity index (χ0n) is 65.1. The summed E-state index contributed by atoms with van der Waals surface area (Å²) in [5, 5.41) is 10.6. The van der Waals surface area contributed by atoms with E-state index in [1.807, 2.05) is 0 Å². The van der Waals surface area contributed by atoms with Gasteiger partial charge in [0.25, 0.3) is 0 Å². The van der Waals surface area contributed by atoms with Crippen molar-refractivity contribution in [2.45, 2.75) is 427 Å². The number of carbonyl (C=O) groups is 4. The van der Waals surface area contributed by atoms with Crippen molar-refractivity contribution in [2.24, 2.45) is 23.7 Å². The first-order valence-corrected chi connectivity index (χ1v) is 44.3. The minimum absolute atomic E-state index is 0.104. The second kappa shape index (κ2) is 69.1. The topological polar surface area (TPSA) is 237 Å². The molecule has 5 unspecified atom stereocenters. The van der Waals surface area contributed by atoms with Gasteiger partial charge in [0.2, 0.25) is 0 Å². The summed E-state index contributed by atoms with van der Waals surface area (Å²) in [4.78, 5) is 72.9.